The van der Waals surface area contributed by atoms with Crippen LogP contribution in [0.15, 0.2) is 59.3 Å². The Balaban J connectivity index is 1.61. The Labute approximate surface area is 199 Å². The molecule has 164 valence electrons. The van der Waals surface area contributed by atoms with E-state index in [1.54, 1.807) is 17.3 Å². The Morgan fingerprint density at radius 2 is 2.03 bits per heavy atom. The van der Waals surface area contributed by atoms with Crippen LogP contribution in [-0.4, -0.2) is 48.6 Å². The molecule has 0 fully saturated rings. The highest BCUT2D eigenvalue weighted by atomic mass is 35.5. The summed E-state index contributed by atoms with van der Waals surface area (Å²) in [5.74, 6) is 1.21. The molecular weight excluding hydrogens is 464 g/mol. The van der Waals surface area contributed by atoms with E-state index in [4.69, 9.17) is 11.6 Å². The van der Waals surface area contributed by atoms with Crippen LogP contribution in [0.1, 0.15) is 29.3 Å². The Kier molecular flexibility index (Phi) is 7.19. The number of amides is 1. The maximum atomic E-state index is 12.5. The molecule has 4 aromatic rings. The maximum absolute atomic E-state index is 12.5. The van der Waals surface area contributed by atoms with Gasteiger partial charge in [0.1, 0.15) is 10.7 Å². The molecule has 3 heterocycles. The molecule has 3 aromatic heterocycles. The lowest BCUT2D eigenvalue weighted by atomic mass is 10.2. The summed E-state index contributed by atoms with van der Waals surface area (Å²) < 4.78 is 1.96. The number of aromatic nitrogens is 5. The van der Waals surface area contributed by atoms with Gasteiger partial charge >= 0.3 is 0 Å². The van der Waals surface area contributed by atoms with Gasteiger partial charge in [-0.2, -0.15) is 0 Å². The molecule has 7 nitrogen and oxygen atoms in total. The molecular formula is C22H21ClN6OS2. The van der Waals surface area contributed by atoms with Crippen LogP contribution in [0.3, 0.4) is 0 Å². The molecule has 0 unspecified atom stereocenters. The highest BCUT2D eigenvalue weighted by Crippen LogP contribution is 2.31. The third-order valence-corrected chi connectivity index (χ3v) is 6.97. The lowest BCUT2D eigenvalue weighted by molar-refractivity contribution is 0.0768. The summed E-state index contributed by atoms with van der Waals surface area (Å²) in [6.07, 6.45) is 3.48. The van der Waals surface area contributed by atoms with Crippen molar-refractivity contribution in [3.8, 4) is 17.1 Å². The zero-order valence-electron chi connectivity index (χ0n) is 17.6. The number of carbonyl (C=O) groups excluding carboxylic acids is 1. The summed E-state index contributed by atoms with van der Waals surface area (Å²) in [7, 11) is 0. The van der Waals surface area contributed by atoms with Crippen LogP contribution >= 0.6 is 34.7 Å². The van der Waals surface area contributed by atoms with Gasteiger partial charge in [-0.05, 0) is 44.2 Å². The maximum Gasteiger partial charge on any atom is 0.273 e. The van der Waals surface area contributed by atoms with Crippen LogP contribution in [0.5, 0.6) is 0 Å². The normalized spacial score (nSPS) is 11.0. The molecule has 0 spiro atoms. The second kappa shape index (κ2) is 10.2. The van der Waals surface area contributed by atoms with Gasteiger partial charge in [0.05, 0.1) is 11.4 Å². The van der Waals surface area contributed by atoms with E-state index in [0.29, 0.717) is 40.5 Å². The molecule has 0 atom stereocenters. The molecule has 32 heavy (non-hydrogen) atoms. The van der Waals surface area contributed by atoms with Crippen molar-refractivity contribution in [2.75, 3.05) is 13.1 Å². The highest BCUT2D eigenvalue weighted by Gasteiger charge is 2.19. The number of halogens is 1. The smallest absolute Gasteiger partial charge is 0.273 e. The molecule has 0 radical (unpaired) electrons. The summed E-state index contributed by atoms with van der Waals surface area (Å²) >= 11 is 9.23. The van der Waals surface area contributed by atoms with Crippen molar-refractivity contribution in [2.45, 2.75) is 24.8 Å². The van der Waals surface area contributed by atoms with E-state index in [2.05, 4.69) is 20.2 Å². The number of thiazole rings is 1. The van der Waals surface area contributed by atoms with Gasteiger partial charge in [0.15, 0.2) is 11.0 Å². The standard InChI is InChI=1S/C22H21ClN6OS2/c1-3-28(4-2)21(30)18-13-31-19(25-18)14-32-22-27-26-20(15-7-6-10-24-12-15)29(22)17-9-5-8-16(23)11-17/h5-13H,3-4,14H2,1-2H3. The monoisotopic (exact) mass is 484 g/mol. The Bertz CT molecular complexity index is 1210. The number of hydrogen-bond acceptors (Lipinski definition) is 7. The number of benzene rings is 1. The fourth-order valence-electron chi connectivity index (χ4n) is 3.17. The fraction of sp³-hybridized carbons (Fsp3) is 0.227. The van der Waals surface area contributed by atoms with E-state index >= 15 is 0 Å². The van der Waals surface area contributed by atoms with Gasteiger partial charge < -0.3 is 4.90 Å². The lowest BCUT2D eigenvalue weighted by Gasteiger charge is -2.16. The summed E-state index contributed by atoms with van der Waals surface area (Å²) in [5.41, 5.74) is 2.20. The first-order valence-electron chi connectivity index (χ1n) is 10.1. The molecule has 0 saturated heterocycles. The molecule has 0 bridgehead atoms. The van der Waals surface area contributed by atoms with Gasteiger partial charge in [0, 0.05) is 41.4 Å². The minimum atomic E-state index is -0.0385. The van der Waals surface area contributed by atoms with Gasteiger partial charge in [-0.3, -0.25) is 14.3 Å². The zero-order chi connectivity index (χ0) is 22.5. The summed E-state index contributed by atoms with van der Waals surface area (Å²) in [5, 5.41) is 12.8. The summed E-state index contributed by atoms with van der Waals surface area (Å²) in [6, 6.07) is 11.4. The highest BCUT2D eigenvalue weighted by molar-refractivity contribution is 7.98. The van der Waals surface area contributed by atoms with Crippen molar-refractivity contribution in [1.82, 2.24) is 29.6 Å². The molecule has 0 aliphatic carbocycles. The van der Waals surface area contributed by atoms with Crippen molar-refractivity contribution in [2.24, 2.45) is 0 Å². The van der Waals surface area contributed by atoms with Crippen molar-refractivity contribution in [3.63, 3.8) is 0 Å². The summed E-state index contributed by atoms with van der Waals surface area (Å²) in [4.78, 5) is 23.1. The first-order valence-corrected chi connectivity index (χ1v) is 12.3. The SMILES string of the molecule is CCN(CC)C(=O)c1csc(CSc2nnc(-c3cccnc3)n2-c2cccc(Cl)c2)n1. The van der Waals surface area contributed by atoms with Crippen molar-refractivity contribution in [3.05, 3.63) is 69.9 Å². The van der Waals surface area contributed by atoms with Crippen molar-refractivity contribution >= 4 is 40.6 Å². The van der Waals surface area contributed by atoms with Crippen LogP contribution in [0.4, 0.5) is 0 Å². The first kappa shape index (κ1) is 22.4. The third-order valence-electron chi connectivity index (χ3n) is 4.77. The predicted octanol–water partition coefficient (Wildman–Crippen LogP) is 5.21. The van der Waals surface area contributed by atoms with E-state index in [1.807, 2.05) is 60.2 Å². The topological polar surface area (TPSA) is 76.8 Å². The quantitative estimate of drug-likeness (QED) is 0.319. The van der Waals surface area contributed by atoms with Crippen LogP contribution in [0.25, 0.3) is 17.1 Å². The predicted molar refractivity (Wildman–Crippen MR) is 129 cm³/mol. The van der Waals surface area contributed by atoms with E-state index in [1.165, 1.54) is 23.1 Å². The fourth-order valence-corrected chi connectivity index (χ4v) is 5.09. The van der Waals surface area contributed by atoms with Gasteiger partial charge in [-0.15, -0.1) is 21.5 Å². The molecule has 1 aromatic carbocycles. The minimum Gasteiger partial charge on any atom is -0.338 e. The van der Waals surface area contributed by atoms with Crippen LogP contribution in [0, 0.1) is 0 Å². The van der Waals surface area contributed by atoms with E-state index < -0.39 is 0 Å². The van der Waals surface area contributed by atoms with E-state index in [0.717, 1.165) is 16.3 Å². The Hall–Kier alpha value is -2.75. The number of rotatable bonds is 8. The zero-order valence-corrected chi connectivity index (χ0v) is 20.0. The molecule has 0 N–H and O–H groups in total. The second-order valence-electron chi connectivity index (χ2n) is 6.76. The molecule has 4 rings (SSSR count). The molecule has 10 heteroatoms. The molecule has 0 aliphatic rings. The van der Waals surface area contributed by atoms with Crippen molar-refractivity contribution < 1.29 is 4.79 Å². The number of hydrogen-bond donors (Lipinski definition) is 0. The number of thioether (sulfide) groups is 1. The molecule has 1 amide bonds. The number of carbonyl (C=O) groups is 1. The van der Waals surface area contributed by atoms with E-state index in [9.17, 15) is 4.79 Å². The molecule has 0 saturated carbocycles. The van der Waals surface area contributed by atoms with Crippen molar-refractivity contribution in [1.29, 1.82) is 0 Å². The van der Waals surface area contributed by atoms with Gasteiger partial charge in [-0.1, -0.05) is 29.4 Å². The van der Waals surface area contributed by atoms with Crippen LogP contribution in [0.2, 0.25) is 5.02 Å². The number of pyridine rings is 1. The first-order chi connectivity index (χ1) is 15.6. The largest absolute Gasteiger partial charge is 0.338 e. The minimum absolute atomic E-state index is 0.0385. The number of nitrogens with zero attached hydrogens (tertiary/aromatic N) is 6. The molecule has 0 aliphatic heterocycles. The van der Waals surface area contributed by atoms with Gasteiger partial charge in [-0.25, -0.2) is 4.98 Å². The average Bonchev–Trinajstić information content (AvgIpc) is 3.46. The summed E-state index contributed by atoms with van der Waals surface area (Å²) in [6.45, 7) is 5.26. The third kappa shape index (κ3) is 4.85. The lowest BCUT2D eigenvalue weighted by Crippen LogP contribution is -2.30. The van der Waals surface area contributed by atoms with Gasteiger partial charge in [0.25, 0.3) is 5.91 Å². The van der Waals surface area contributed by atoms with E-state index in [-0.39, 0.29) is 5.91 Å². The van der Waals surface area contributed by atoms with Gasteiger partial charge in [0.2, 0.25) is 0 Å². The second-order valence-corrected chi connectivity index (χ2v) is 9.08. The Morgan fingerprint density at radius 1 is 1.19 bits per heavy atom. The van der Waals surface area contributed by atoms with Crippen LogP contribution in [-0.2, 0) is 5.75 Å². The average molecular weight is 485 g/mol. The Morgan fingerprint density at radius 3 is 2.75 bits per heavy atom. The van der Waals surface area contributed by atoms with Crippen LogP contribution < -0.4 is 0 Å².